The Morgan fingerprint density at radius 3 is 2.63 bits per heavy atom. The van der Waals surface area contributed by atoms with Gasteiger partial charge in [0.05, 0.1) is 41.6 Å². The number of piperidine rings is 1. The van der Waals surface area contributed by atoms with Gasteiger partial charge in [-0.3, -0.25) is 14.3 Å². The van der Waals surface area contributed by atoms with Crippen molar-refractivity contribution in [3.63, 3.8) is 0 Å². The molecule has 4 aromatic rings. The maximum Gasteiger partial charge on any atom is 0.261 e. The average molecular weight is 401 g/mol. The fraction of sp³-hybridized carbons (Fsp3) is 0.304. The molecule has 1 aliphatic rings. The molecule has 3 heterocycles. The van der Waals surface area contributed by atoms with Gasteiger partial charge in [0.25, 0.3) is 5.56 Å². The lowest BCUT2D eigenvalue weighted by molar-refractivity contribution is 0.351. The zero-order chi connectivity index (χ0) is 20.5. The maximum absolute atomic E-state index is 12.9. The molecule has 0 radical (unpaired) electrons. The Morgan fingerprint density at radius 2 is 1.83 bits per heavy atom. The number of anilines is 1. The predicted molar refractivity (Wildman–Crippen MR) is 117 cm³/mol. The highest BCUT2D eigenvalue weighted by molar-refractivity contribution is 5.78. The molecule has 0 spiro atoms. The summed E-state index contributed by atoms with van der Waals surface area (Å²) in [7, 11) is 1.61. The summed E-state index contributed by atoms with van der Waals surface area (Å²) in [6.07, 6.45) is 5.52. The standard InChI is InChI=1S/C23H23N5O2/c1-30-17-6-7-18-21(12-17)25-15-28(23(18)29)14-16-8-10-27(11-9-16)22-13-24-19-4-2-3-5-20(19)26-22/h2-7,12-13,15-16H,8-11,14H2,1H3. The van der Waals surface area contributed by atoms with Gasteiger partial charge in [-0.1, -0.05) is 12.1 Å². The molecule has 0 amide bonds. The molecule has 0 saturated carbocycles. The summed E-state index contributed by atoms with van der Waals surface area (Å²) in [5, 5.41) is 0.627. The maximum atomic E-state index is 12.9. The molecule has 0 N–H and O–H groups in total. The zero-order valence-electron chi connectivity index (χ0n) is 16.9. The highest BCUT2D eigenvalue weighted by atomic mass is 16.5. The van der Waals surface area contributed by atoms with Crippen LogP contribution in [0.2, 0.25) is 0 Å². The van der Waals surface area contributed by atoms with Crippen molar-refractivity contribution in [3.05, 3.63) is 65.3 Å². The van der Waals surface area contributed by atoms with Crippen LogP contribution in [0.1, 0.15) is 12.8 Å². The molecule has 7 heteroatoms. The third-order valence-corrected chi connectivity index (χ3v) is 5.86. The topological polar surface area (TPSA) is 73.1 Å². The van der Waals surface area contributed by atoms with E-state index in [0.29, 0.717) is 29.1 Å². The first kappa shape index (κ1) is 18.5. The zero-order valence-corrected chi connectivity index (χ0v) is 16.9. The Morgan fingerprint density at radius 1 is 1.03 bits per heavy atom. The van der Waals surface area contributed by atoms with Crippen molar-refractivity contribution in [2.45, 2.75) is 19.4 Å². The van der Waals surface area contributed by atoms with E-state index in [1.807, 2.05) is 30.5 Å². The molecule has 5 rings (SSSR count). The normalized spacial score (nSPS) is 15.0. The van der Waals surface area contributed by atoms with Crippen molar-refractivity contribution in [3.8, 4) is 5.75 Å². The second-order valence-corrected chi connectivity index (χ2v) is 7.73. The van der Waals surface area contributed by atoms with Gasteiger partial charge in [0.2, 0.25) is 0 Å². The molecule has 7 nitrogen and oxygen atoms in total. The van der Waals surface area contributed by atoms with Gasteiger partial charge in [-0.25, -0.2) is 9.97 Å². The lowest BCUT2D eigenvalue weighted by Gasteiger charge is -2.32. The molecule has 152 valence electrons. The van der Waals surface area contributed by atoms with E-state index in [2.05, 4.69) is 14.9 Å². The molecule has 1 aliphatic heterocycles. The van der Waals surface area contributed by atoms with E-state index in [1.165, 1.54) is 0 Å². The summed E-state index contributed by atoms with van der Waals surface area (Å²) in [6.45, 7) is 2.50. The summed E-state index contributed by atoms with van der Waals surface area (Å²) < 4.78 is 6.96. The van der Waals surface area contributed by atoms with Crippen molar-refractivity contribution >= 4 is 27.8 Å². The number of hydrogen-bond acceptors (Lipinski definition) is 6. The quantitative estimate of drug-likeness (QED) is 0.523. The number of methoxy groups -OCH3 is 1. The first-order valence-electron chi connectivity index (χ1n) is 10.2. The minimum absolute atomic E-state index is 0.00507. The van der Waals surface area contributed by atoms with E-state index in [-0.39, 0.29) is 5.56 Å². The SMILES string of the molecule is COc1ccc2c(=O)n(CC3CCN(c4cnc5ccccc5n4)CC3)cnc2c1. The second-order valence-electron chi connectivity index (χ2n) is 7.73. The molecule has 0 bridgehead atoms. The molecule has 0 atom stereocenters. The van der Waals surface area contributed by atoms with Gasteiger partial charge in [0.15, 0.2) is 0 Å². The number of ether oxygens (including phenoxy) is 1. The number of rotatable bonds is 4. The highest BCUT2D eigenvalue weighted by Crippen LogP contribution is 2.24. The Labute approximate surface area is 174 Å². The van der Waals surface area contributed by atoms with Crippen LogP contribution in [0.4, 0.5) is 5.82 Å². The van der Waals surface area contributed by atoms with E-state index in [9.17, 15) is 4.79 Å². The summed E-state index contributed by atoms with van der Waals surface area (Å²) in [5.41, 5.74) is 2.50. The number of para-hydroxylation sites is 2. The van der Waals surface area contributed by atoms with Gasteiger partial charge in [0, 0.05) is 25.7 Å². The van der Waals surface area contributed by atoms with Crippen LogP contribution in [0.5, 0.6) is 5.75 Å². The molecular formula is C23H23N5O2. The van der Waals surface area contributed by atoms with Crippen LogP contribution in [0.25, 0.3) is 21.9 Å². The minimum atomic E-state index is 0.00507. The monoisotopic (exact) mass is 401 g/mol. The van der Waals surface area contributed by atoms with Crippen LogP contribution < -0.4 is 15.2 Å². The van der Waals surface area contributed by atoms with Gasteiger partial charge in [0.1, 0.15) is 11.6 Å². The molecule has 2 aromatic heterocycles. The van der Waals surface area contributed by atoms with E-state index in [0.717, 1.165) is 42.8 Å². The Kier molecular flexibility index (Phi) is 4.78. The van der Waals surface area contributed by atoms with Gasteiger partial charge in [-0.05, 0) is 43.0 Å². The lowest BCUT2D eigenvalue weighted by atomic mass is 9.96. The van der Waals surface area contributed by atoms with Crippen molar-refractivity contribution < 1.29 is 4.74 Å². The molecule has 1 saturated heterocycles. The number of fused-ring (bicyclic) bond motifs is 2. The van der Waals surface area contributed by atoms with Gasteiger partial charge in [-0.2, -0.15) is 0 Å². The largest absolute Gasteiger partial charge is 0.497 e. The molecule has 2 aromatic carbocycles. The number of aromatic nitrogens is 4. The van der Waals surface area contributed by atoms with Crippen LogP contribution in [0, 0.1) is 5.92 Å². The Balaban J connectivity index is 1.29. The van der Waals surface area contributed by atoms with Crippen LogP contribution in [-0.2, 0) is 6.54 Å². The highest BCUT2D eigenvalue weighted by Gasteiger charge is 2.21. The summed E-state index contributed by atoms with van der Waals surface area (Å²) >= 11 is 0. The van der Waals surface area contributed by atoms with Crippen molar-refractivity contribution in [2.75, 3.05) is 25.1 Å². The average Bonchev–Trinajstić information content (AvgIpc) is 2.81. The number of benzene rings is 2. The Bertz CT molecular complexity index is 1260. The predicted octanol–water partition coefficient (Wildman–Crippen LogP) is 3.26. The summed E-state index contributed by atoms with van der Waals surface area (Å²) in [5.74, 6) is 2.06. The van der Waals surface area contributed by atoms with Gasteiger partial charge < -0.3 is 9.64 Å². The van der Waals surface area contributed by atoms with Crippen LogP contribution in [0.3, 0.4) is 0 Å². The van der Waals surface area contributed by atoms with E-state index in [4.69, 9.17) is 9.72 Å². The van der Waals surface area contributed by atoms with Crippen LogP contribution >= 0.6 is 0 Å². The molecule has 0 unspecified atom stereocenters. The van der Waals surface area contributed by atoms with E-state index in [1.54, 1.807) is 36.2 Å². The first-order valence-corrected chi connectivity index (χ1v) is 10.2. The molecule has 30 heavy (non-hydrogen) atoms. The number of hydrogen-bond donors (Lipinski definition) is 0. The second kappa shape index (κ2) is 7.74. The smallest absolute Gasteiger partial charge is 0.261 e. The third kappa shape index (κ3) is 3.47. The first-order chi connectivity index (χ1) is 14.7. The van der Waals surface area contributed by atoms with Crippen molar-refractivity contribution in [1.29, 1.82) is 0 Å². The lowest BCUT2D eigenvalue weighted by Crippen LogP contribution is -2.37. The van der Waals surface area contributed by atoms with Crippen molar-refractivity contribution in [1.82, 2.24) is 19.5 Å². The van der Waals surface area contributed by atoms with Crippen LogP contribution in [0.15, 0.2) is 59.8 Å². The minimum Gasteiger partial charge on any atom is -0.497 e. The molecular weight excluding hydrogens is 378 g/mol. The fourth-order valence-electron chi connectivity index (χ4n) is 4.12. The summed E-state index contributed by atoms with van der Waals surface area (Å²) in [6, 6.07) is 13.3. The molecule has 1 fully saturated rings. The number of nitrogens with zero attached hydrogens (tertiary/aromatic N) is 5. The third-order valence-electron chi connectivity index (χ3n) is 5.86. The van der Waals surface area contributed by atoms with Crippen molar-refractivity contribution in [2.24, 2.45) is 5.92 Å². The molecule has 0 aliphatic carbocycles. The van der Waals surface area contributed by atoms with E-state index >= 15 is 0 Å². The Hall–Kier alpha value is -3.48. The summed E-state index contributed by atoms with van der Waals surface area (Å²) in [4.78, 5) is 28.9. The van der Waals surface area contributed by atoms with Gasteiger partial charge >= 0.3 is 0 Å². The van der Waals surface area contributed by atoms with E-state index < -0.39 is 0 Å². The van der Waals surface area contributed by atoms with Gasteiger partial charge in [-0.15, -0.1) is 0 Å². The fourth-order valence-corrected chi connectivity index (χ4v) is 4.12. The van der Waals surface area contributed by atoms with Crippen LogP contribution in [-0.4, -0.2) is 39.7 Å².